The molecule has 2 saturated heterocycles. The Bertz CT molecular complexity index is 2500. The highest BCUT2D eigenvalue weighted by Gasteiger charge is 2.39. The van der Waals surface area contributed by atoms with Gasteiger partial charge in [-0.3, -0.25) is 24.1 Å². The van der Waals surface area contributed by atoms with Gasteiger partial charge in [-0.2, -0.15) is 0 Å². The van der Waals surface area contributed by atoms with Crippen LogP contribution in [0.3, 0.4) is 0 Å². The number of aromatic amines is 1. The van der Waals surface area contributed by atoms with Crippen molar-refractivity contribution in [2.24, 2.45) is 5.92 Å². The quantitative estimate of drug-likeness (QED) is 0.110. The Labute approximate surface area is 389 Å². The first kappa shape index (κ1) is 50.1. The predicted molar refractivity (Wildman–Crippen MR) is 248 cm³/mol. The fourth-order valence-electron chi connectivity index (χ4n) is 8.94. The number of amides is 6. The Morgan fingerprint density at radius 2 is 1.54 bits per heavy atom. The van der Waals surface area contributed by atoms with Gasteiger partial charge in [0.05, 0.1) is 16.7 Å². The van der Waals surface area contributed by atoms with Crippen LogP contribution < -0.4 is 16.0 Å². The number of rotatable bonds is 15. The van der Waals surface area contributed by atoms with Crippen LogP contribution in [-0.2, 0) is 41.6 Å². The van der Waals surface area contributed by atoms with Gasteiger partial charge in [0.1, 0.15) is 35.4 Å². The van der Waals surface area contributed by atoms with Gasteiger partial charge < -0.3 is 44.8 Å². The summed E-state index contributed by atoms with van der Waals surface area (Å²) in [5.41, 5.74) is 2.01. The molecule has 2 aromatic heterocycles. The lowest BCUT2D eigenvalue weighted by atomic mass is 9.99. The molecule has 6 amide bonds. The summed E-state index contributed by atoms with van der Waals surface area (Å²) in [5.74, 6) is -2.53. The van der Waals surface area contributed by atoms with Crippen LogP contribution in [0, 0.1) is 17.6 Å². The first-order valence-electron chi connectivity index (χ1n) is 23.1. The number of alkyl carbamates (subject to hydrolysis) is 1. The van der Waals surface area contributed by atoms with Crippen molar-refractivity contribution < 1.29 is 47.0 Å². The van der Waals surface area contributed by atoms with Crippen LogP contribution in [0.25, 0.3) is 33.5 Å². The zero-order chi connectivity index (χ0) is 49.1. The summed E-state index contributed by atoms with van der Waals surface area (Å²) in [7, 11) is 2.85. The van der Waals surface area contributed by atoms with E-state index in [1.54, 1.807) is 56.6 Å². The molecule has 4 heterocycles. The van der Waals surface area contributed by atoms with E-state index in [4.69, 9.17) is 14.5 Å². The van der Waals surface area contributed by atoms with Crippen LogP contribution in [0.15, 0.2) is 36.4 Å². The van der Waals surface area contributed by atoms with Gasteiger partial charge in [0.15, 0.2) is 11.9 Å². The molecule has 4 N–H and O–H groups in total. The minimum atomic E-state index is -1.15. The number of aromatic nitrogens is 3. The first-order valence-corrected chi connectivity index (χ1v) is 23.1. The number of likely N-dealkylation sites (tertiary alicyclic amines) is 2. The molecule has 364 valence electrons. The minimum absolute atomic E-state index is 0.245. The van der Waals surface area contributed by atoms with Crippen molar-refractivity contribution in [1.82, 2.24) is 45.2 Å². The largest absolute Gasteiger partial charge is 0.444 e. The van der Waals surface area contributed by atoms with Gasteiger partial charge in [-0.05, 0) is 115 Å². The van der Waals surface area contributed by atoms with Crippen molar-refractivity contribution >= 4 is 57.8 Å². The highest BCUT2D eigenvalue weighted by atomic mass is 19.1. The molecule has 2 aliphatic heterocycles. The summed E-state index contributed by atoms with van der Waals surface area (Å²) in [6.45, 7) is 14.7. The molecule has 19 heteroatoms. The molecule has 6 rings (SSSR count). The maximum Gasteiger partial charge on any atom is 0.410 e. The second kappa shape index (κ2) is 20.7. The summed E-state index contributed by atoms with van der Waals surface area (Å²) < 4.78 is 42.3. The number of imidazole rings is 1. The molecule has 0 spiro atoms. The standard InChI is InChI=1S/C48H65F2N9O8/c1-11-35(54-42(60)27(4)56(10)47(65)67-48(6,7)8)44(62)57-20-12-14-31(57)24-34-33-18-16-29(49)22-36(33)52-40(34)41-53-37-23-30(50)17-19-38(37)59(41)25-32-15-13-21-58(32)45(63)39(26(2)3)55-43(61)28(5)66-46(64)51-9/h16-19,22-23,26-28,31-32,35,39,52H,11-15,20-21,24-25H2,1-10H3,(H,51,64)(H,54,60)(H,55,61)/t27?,28?,31-,32-,35?,39?/m0/s1. The van der Waals surface area contributed by atoms with Gasteiger partial charge in [0.2, 0.25) is 17.7 Å². The van der Waals surface area contributed by atoms with Crippen LogP contribution in [-0.4, -0.2) is 134 Å². The number of nitrogens with one attached hydrogen (secondary N) is 4. The van der Waals surface area contributed by atoms with E-state index in [0.29, 0.717) is 85.1 Å². The molecule has 67 heavy (non-hydrogen) atoms. The monoisotopic (exact) mass is 933 g/mol. The predicted octanol–water partition coefficient (Wildman–Crippen LogP) is 6.02. The number of fused-ring (bicyclic) bond motifs is 2. The van der Waals surface area contributed by atoms with Gasteiger partial charge in [0, 0.05) is 62.8 Å². The normalized spacial score (nSPS) is 18.2. The minimum Gasteiger partial charge on any atom is -0.444 e. The third-order valence-electron chi connectivity index (χ3n) is 12.7. The molecule has 17 nitrogen and oxygen atoms in total. The number of hydrogen-bond donors (Lipinski definition) is 4. The molecule has 2 aliphatic rings. The Morgan fingerprint density at radius 3 is 2.18 bits per heavy atom. The fraction of sp³-hybridized carbons (Fsp3) is 0.562. The van der Waals surface area contributed by atoms with Gasteiger partial charge in [-0.15, -0.1) is 0 Å². The zero-order valence-corrected chi connectivity index (χ0v) is 40.1. The van der Waals surface area contributed by atoms with Crippen molar-refractivity contribution in [2.45, 2.75) is 142 Å². The average Bonchev–Trinajstić information content (AvgIpc) is 4.08. The molecule has 2 fully saturated rings. The van der Waals surface area contributed by atoms with Gasteiger partial charge >= 0.3 is 12.2 Å². The van der Waals surface area contributed by atoms with Gasteiger partial charge in [0.25, 0.3) is 5.91 Å². The van der Waals surface area contributed by atoms with E-state index in [2.05, 4.69) is 20.9 Å². The molecular formula is C48H65F2N9O8. The molecule has 4 unspecified atom stereocenters. The summed E-state index contributed by atoms with van der Waals surface area (Å²) >= 11 is 0. The second-order valence-electron chi connectivity index (χ2n) is 19.0. The fourth-order valence-corrected chi connectivity index (χ4v) is 8.94. The van der Waals surface area contributed by atoms with E-state index in [-0.39, 0.29) is 36.4 Å². The Balaban J connectivity index is 1.31. The maximum atomic E-state index is 14.9. The Kier molecular flexibility index (Phi) is 15.5. The van der Waals surface area contributed by atoms with E-state index < -0.39 is 65.5 Å². The first-order chi connectivity index (χ1) is 31.6. The highest BCUT2D eigenvalue weighted by molar-refractivity contribution is 5.94. The van der Waals surface area contributed by atoms with Crippen LogP contribution in [0.1, 0.15) is 93.1 Å². The summed E-state index contributed by atoms with van der Waals surface area (Å²) in [5, 5.41) is 8.67. The van der Waals surface area contributed by atoms with E-state index in [1.165, 1.54) is 50.2 Å². The van der Waals surface area contributed by atoms with Crippen LogP contribution in [0.4, 0.5) is 18.4 Å². The molecule has 0 radical (unpaired) electrons. The lowest BCUT2D eigenvalue weighted by Gasteiger charge is -2.32. The summed E-state index contributed by atoms with van der Waals surface area (Å²) in [4.78, 5) is 93.0. The number of halogens is 2. The van der Waals surface area contributed by atoms with Crippen LogP contribution >= 0.6 is 0 Å². The molecule has 4 aromatic rings. The Hall–Kier alpha value is -6.27. The summed E-state index contributed by atoms with van der Waals surface area (Å²) in [6.07, 6.45) is 0.678. The molecule has 0 aliphatic carbocycles. The molecule has 6 atom stereocenters. The SMILES string of the molecule is CCC(NC(=O)C(C)N(C)C(=O)OC(C)(C)C)C(=O)N1CCC[C@H]1Cc1c(-c2nc3cc(F)ccc3n2C[C@@H]2CCCN2C(=O)C(NC(=O)C(C)OC(=O)NC)C(C)C)[nH]c2cc(F)ccc12. The Morgan fingerprint density at radius 1 is 0.896 bits per heavy atom. The third-order valence-corrected chi connectivity index (χ3v) is 12.7. The van der Waals surface area contributed by atoms with E-state index >= 15 is 0 Å². The molecule has 2 aromatic carbocycles. The van der Waals surface area contributed by atoms with E-state index in [0.717, 1.165) is 5.56 Å². The highest BCUT2D eigenvalue weighted by Crippen LogP contribution is 2.37. The average molecular weight is 934 g/mol. The lowest BCUT2D eigenvalue weighted by Crippen LogP contribution is -2.55. The smallest absolute Gasteiger partial charge is 0.410 e. The van der Waals surface area contributed by atoms with Crippen molar-refractivity contribution in [3.8, 4) is 11.5 Å². The molecular weight excluding hydrogens is 869 g/mol. The number of nitrogens with zero attached hydrogens (tertiary/aromatic N) is 5. The molecule has 0 bridgehead atoms. The molecule has 0 saturated carbocycles. The van der Waals surface area contributed by atoms with Crippen molar-refractivity contribution in [1.29, 1.82) is 0 Å². The topological polar surface area (TPSA) is 200 Å². The zero-order valence-electron chi connectivity index (χ0n) is 40.1. The third kappa shape index (κ3) is 11.3. The van der Waals surface area contributed by atoms with Crippen molar-refractivity contribution in [3.05, 3.63) is 53.6 Å². The van der Waals surface area contributed by atoms with Crippen molar-refractivity contribution in [2.75, 3.05) is 27.2 Å². The number of benzene rings is 2. The van der Waals surface area contributed by atoms with E-state index in [1.807, 2.05) is 18.4 Å². The van der Waals surface area contributed by atoms with E-state index in [9.17, 15) is 37.5 Å². The number of carbonyl (C=O) groups excluding carboxylic acids is 6. The second-order valence-corrected chi connectivity index (χ2v) is 19.0. The number of likely N-dealkylation sites (N-methyl/N-ethyl adjacent to an activating group) is 1. The summed E-state index contributed by atoms with van der Waals surface area (Å²) in [6, 6.07) is 5.34. The van der Waals surface area contributed by atoms with Crippen LogP contribution in [0.5, 0.6) is 0 Å². The number of ether oxygens (including phenoxy) is 2. The van der Waals surface area contributed by atoms with Gasteiger partial charge in [-0.25, -0.2) is 23.4 Å². The maximum absolute atomic E-state index is 14.9. The number of hydrogen-bond acceptors (Lipinski definition) is 9. The van der Waals surface area contributed by atoms with Gasteiger partial charge in [-0.1, -0.05) is 20.8 Å². The van der Waals surface area contributed by atoms with Crippen molar-refractivity contribution in [3.63, 3.8) is 0 Å². The number of H-pyrrole nitrogens is 1. The lowest BCUT2D eigenvalue weighted by molar-refractivity contribution is -0.140. The van der Waals surface area contributed by atoms with Crippen LogP contribution in [0.2, 0.25) is 0 Å². The number of carbonyl (C=O) groups is 6.